The van der Waals surface area contributed by atoms with Gasteiger partial charge in [0, 0.05) is 6.54 Å². The molecular formula is C25H28N6O. The van der Waals surface area contributed by atoms with Crippen LogP contribution in [0.3, 0.4) is 0 Å². The maximum Gasteiger partial charge on any atom is 0.257 e. The molecule has 0 aliphatic carbocycles. The number of rotatable bonds is 8. The molecular weight excluding hydrogens is 400 g/mol. The van der Waals surface area contributed by atoms with Crippen molar-refractivity contribution in [2.75, 3.05) is 12.3 Å². The number of nitrogens with zero attached hydrogens (tertiary/aromatic N) is 4. The van der Waals surface area contributed by atoms with Crippen molar-refractivity contribution in [2.24, 2.45) is 5.10 Å². The lowest BCUT2D eigenvalue weighted by atomic mass is 10.2. The van der Waals surface area contributed by atoms with Crippen LogP contribution in [0.15, 0.2) is 53.6 Å². The molecule has 0 fully saturated rings. The highest BCUT2D eigenvalue weighted by Gasteiger charge is 2.23. The van der Waals surface area contributed by atoms with Crippen LogP contribution in [0.5, 0.6) is 0 Å². The Morgan fingerprint density at radius 3 is 2.62 bits per heavy atom. The second-order valence-corrected chi connectivity index (χ2v) is 7.93. The summed E-state index contributed by atoms with van der Waals surface area (Å²) in [6.45, 7) is 4.78. The summed E-state index contributed by atoms with van der Waals surface area (Å²) < 4.78 is 1.50. The molecule has 4 aromatic rings. The molecule has 0 bridgehead atoms. The number of benzene rings is 2. The predicted octanol–water partition coefficient (Wildman–Crippen LogP) is 4.67. The van der Waals surface area contributed by atoms with Gasteiger partial charge in [-0.25, -0.2) is 9.97 Å². The summed E-state index contributed by atoms with van der Waals surface area (Å²) in [4.78, 5) is 22.5. The molecule has 7 nitrogen and oxygen atoms in total. The molecule has 7 heteroatoms. The monoisotopic (exact) mass is 428 g/mol. The van der Waals surface area contributed by atoms with Crippen LogP contribution in [0.4, 0.5) is 5.82 Å². The number of nitrogens with two attached hydrogens (primary N) is 1. The van der Waals surface area contributed by atoms with Crippen LogP contribution in [0, 0.1) is 6.92 Å². The molecule has 3 N–H and O–H groups in total. The highest BCUT2D eigenvalue weighted by atomic mass is 16.1. The molecule has 2 aromatic heterocycles. The predicted molar refractivity (Wildman–Crippen MR) is 130 cm³/mol. The Kier molecular flexibility index (Phi) is 6.44. The van der Waals surface area contributed by atoms with E-state index < -0.39 is 0 Å². The van der Waals surface area contributed by atoms with E-state index >= 15 is 0 Å². The molecule has 0 unspecified atom stereocenters. The summed E-state index contributed by atoms with van der Waals surface area (Å²) in [5.74, 6) is -0.0247. The summed E-state index contributed by atoms with van der Waals surface area (Å²) >= 11 is 0. The van der Waals surface area contributed by atoms with Crippen LogP contribution in [-0.2, 0) is 0 Å². The SMILES string of the molecule is CCCCCCNC(=O)c1c(N)n(/N=C\c2cccc(C)c2)c2nc3ccccc3nc12. The van der Waals surface area contributed by atoms with E-state index in [1.165, 1.54) is 4.68 Å². The fourth-order valence-corrected chi connectivity index (χ4v) is 3.71. The minimum absolute atomic E-state index is 0.227. The van der Waals surface area contributed by atoms with Crippen molar-refractivity contribution in [2.45, 2.75) is 39.5 Å². The van der Waals surface area contributed by atoms with E-state index in [9.17, 15) is 4.79 Å². The number of hydrogen-bond donors (Lipinski definition) is 2. The standard InChI is InChI=1S/C25H28N6O/c1-3-4-5-8-14-27-25(32)21-22-24(30-20-13-7-6-12-19(20)29-22)31(23(21)26)28-16-18-11-9-10-17(2)15-18/h6-7,9-13,15-16H,3-5,8,14,26H2,1-2H3,(H,27,32)/b28-16-. The largest absolute Gasteiger partial charge is 0.383 e. The molecule has 0 spiro atoms. The highest BCUT2D eigenvalue weighted by molar-refractivity contribution is 6.10. The zero-order valence-electron chi connectivity index (χ0n) is 18.5. The first-order chi connectivity index (χ1) is 15.6. The average molecular weight is 429 g/mol. The van der Waals surface area contributed by atoms with Crippen LogP contribution < -0.4 is 11.1 Å². The van der Waals surface area contributed by atoms with Gasteiger partial charge in [-0.05, 0) is 31.0 Å². The summed E-state index contributed by atoms with van der Waals surface area (Å²) in [6, 6.07) is 15.5. The molecule has 0 atom stereocenters. The molecule has 0 aliphatic rings. The summed E-state index contributed by atoms with van der Waals surface area (Å²) in [6.07, 6.45) is 6.03. The summed E-state index contributed by atoms with van der Waals surface area (Å²) in [5, 5.41) is 7.54. The van der Waals surface area contributed by atoms with Crippen LogP contribution in [0.25, 0.3) is 22.2 Å². The Morgan fingerprint density at radius 2 is 1.88 bits per heavy atom. The third-order valence-electron chi connectivity index (χ3n) is 5.38. The number of nitrogens with one attached hydrogen (secondary N) is 1. The number of aryl methyl sites for hydroxylation is 1. The number of nitrogen functional groups attached to an aromatic ring is 1. The lowest BCUT2D eigenvalue weighted by molar-refractivity contribution is 0.0955. The Hall–Kier alpha value is -3.74. The zero-order valence-corrected chi connectivity index (χ0v) is 18.5. The van der Waals surface area contributed by atoms with E-state index in [1.807, 2.05) is 55.5 Å². The van der Waals surface area contributed by atoms with Gasteiger partial charge in [-0.15, -0.1) is 0 Å². The van der Waals surface area contributed by atoms with Gasteiger partial charge >= 0.3 is 0 Å². The minimum atomic E-state index is -0.252. The van der Waals surface area contributed by atoms with Crippen LogP contribution in [-0.4, -0.2) is 33.3 Å². The van der Waals surface area contributed by atoms with Gasteiger partial charge in [0.05, 0.1) is 17.2 Å². The third-order valence-corrected chi connectivity index (χ3v) is 5.38. The topological polar surface area (TPSA) is 98.2 Å². The number of para-hydroxylation sites is 2. The molecule has 164 valence electrons. The Bertz CT molecular complexity index is 1290. The van der Waals surface area contributed by atoms with Gasteiger partial charge < -0.3 is 11.1 Å². The number of carbonyl (C=O) groups excluding carboxylic acids is 1. The van der Waals surface area contributed by atoms with Gasteiger partial charge in [-0.2, -0.15) is 9.78 Å². The quantitative estimate of drug-likeness (QED) is 0.315. The Morgan fingerprint density at radius 1 is 1.09 bits per heavy atom. The van der Waals surface area contributed by atoms with Gasteiger partial charge in [-0.1, -0.05) is 68.1 Å². The van der Waals surface area contributed by atoms with Crippen LogP contribution >= 0.6 is 0 Å². The summed E-state index contributed by atoms with van der Waals surface area (Å²) in [5.41, 5.74) is 11.1. The van der Waals surface area contributed by atoms with Crippen molar-refractivity contribution in [1.29, 1.82) is 0 Å². The summed E-state index contributed by atoms with van der Waals surface area (Å²) in [7, 11) is 0. The first kappa shape index (κ1) is 21.5. The van der Waals surface area contributed by atoms with E-state index in [0.29, 0.717) is 28.8 Å². The molecule has 2 aromatic carbocycles. The van der Waals surface area contributed by atoms with Gasteiger partial charge in [0.2, 0.25) is 0 Å². The maximum absolute atomic E-state index is 13.1. The number of hydrogen-bond acceptors (Lipinski definition) is 5. The van der Waals surface area contributed by atoms with Gasteiger partial charge in [0.15, 0.2) is 5.65 Å². The minimum Gasteiger partial charge on any atom is -0.383 e. The highest BCUT2D eigenvalue weighted by Crippen LogP contribution is 2.27. The van der Waals surface area contributed by atoms with E-state index in [-0.39, 0.29) is 11.7 Å². The fraction of sp³-hybridized carbons (Fsp3) is 0.280. The van der Waals surface area contributed by atoms with Crippen molar-refractivity contribution < 1.29 is 4.79 Å². The second kappa shape index (κ2) is 9.60. The smallest absolute Gasteiger partial charge is 0.257 e. The Balaban J connectivity index is 1.76. The lowest BCUT2D eigenvalue weighted by Crippen LogP contribution is -2.25. The molecule has 0 radical (unpaired) electrons. The molecule has 0 saturated heterocycles. The van der Waals surface area contributed by atoms with Crippen molar-refractivity contribution >= 4 is 40.1 Å². The third kappa shape index (κ3) is 4.46. The van der Waals surface area contributed by atoms with Crippen LogP contribution in [0.2, 0.25) is 0 Å². The number of amides is 1. The Labute approximate surface area is 187 Å². The fourth-order valence-electron chi connectivity index (χ4n) is 3.71. The van der Waals surface area contributed by atoms with Gasteiger partial charge in [0.1, 0.15) is 16.9 Å². The molecule has 32 heavy (non-hydrogen) atoms. The van der Waals surface area contributed by atoms with Gasteiger partial charge in [-0.3, -0.25) is 4.79 Å². The molecule has 1 amide bonds. The van der Waals surface area contributed by atoms with E-state index in [1.54, 1.807) is 6.21 Å². The number of carbonyl (C=O) groups is 1. The average Bonchev–Trinajstić information content (AvgIpc) is 3.06. The molecule has 0 saturated carbocycles. The first-order valence-electron chi connectivity index (χ1n) is 11.0. The zero-order chi connectivity index (χ0) is 22.5. The number of fused-ring (bicyclic) bond motifs is 2. The maximum atomic E-state index is 13.1. The van der Waals surface area contributed by atoms with E-state index in [0.717, 1.165) is 42.3 Å². The number of aromatic nitrogens is 3. The normalized spacial score (nSPS) is 11.6. The van der Waals surface area contributed by atoms with Gasteiger partial charge in [0.25, 0.3) is 5.91 Å². The number of unbranched alkanes of at least 4 members (excludes halogenated alkanes) is 3. The lowest BCUT2D eigenvalue weighted by Gasteiger charge is -2.05. The second-order valence-electron chi connectivity index (χ2n) is 7.93. The first-order valence-corrected chi connectivity index (χ1v) is 11.0. The van der Waals surface area contributed by atoms with Crippen LogP contribution in [0.1, 0.15) is 54.1 Å². The molecule has 0 aliphatic heterocycles. The van der Waals surface area contributed by atoms with Crippen molar-refractivity contribution in [3.63, 3.8) is 0 Å². The molecule has 4 rings (SSSR count). The molecule has 2 heterocycles. The van der Waals surface area contributed by atoms with E-state index in [2.05, 4.69) is 17.3 Å². The van der Waals surface area contributed by atoms with Crippen molar-refractivity contribution in [1.82, 2.24) is 20.0 Å². The van der Waals surface area contributed by atoms with Crippen molar-refractivity contribution in [3.8, 4) is 0 Å². The number of anilines is 1. The van der Waals surface area contributed by atoms with E-state index in [4.69, 9.17) is 15.7 Å². The van der Waals surface area contributed by atoms with Crippen molar-refractivity contribution in [3.05, 3.63) is 65.2 Å².